The van der Waals surface area contributed by atoms with Crippen molar-refractivity contribution in [2.75, 3.05) is 10.8 Å². The average Bonchev–Trinajstić information content (AvgIpc) is 2.56. The largest absolute Gasteiger partial charge is 0.388 e. The van der Waals surface area contributed by atoms with Crippen LogP contribution in [0.2, 0.25) is 0 Å². The van der Waals surface area contributed by atoms with Crippen molar-refractivity contribution in [1.29, 1.82) is 0 Å². The highest BCUT2D eigenvalue weighted by molar-refractivity contribution is 7.92. The number of rotatable bonds is 3. The Hall–Kier alpha value is -2.18. The number of sulfonamides is 1. The highest BCUT2D eigenvalue weighted by Gasteiger charge is 2.33. The fraction of sp³-hybridized carbons (Fsp3) is 0.278. The number of carbonyl (C=O) groups is 1. The fourth-order valence-electron chi connectivity index (χ4n) is 3.04. The van der Waals surface area contributed by atoms with E-state index in [1.54, 1.807) is 18.2 Å². The van der Waals surface area contributed by atoms with E-state index in [1.165, 1.54) is 23.4 Å². The highest BCUT2D eigenvalue weighted by Crippen LogP contribution is 2.39. The monoisotopic (exact) mass is 345 g/mol. The third-order valence-electron chi connectivity index (χ3n) is 4.31. The molecule has 5 nitrogen and oxygen atoms in total. The van der Waals surface area contributed by atoms with E-state index in [1.807, 2.05) is 19.1 Å². The average molecular weight is 345 g/mol. The fourth-order valence-corrected chi connectivity index (χ4v) is 4.66. The van der Waals surface area contributed by atoms with Gasteiger partial charge in [-0.05, 0) is 38.0 Å². The number of Topliss-reactive ketones (excluding diaryl/α,β-unsaturated/α-hetero) is 1. The standard InChI is InChI=1S/C18H19NO4S/c1-12-5-3-8-16-17(21)9-10-19(18(12)16)24(22,23)15-7-4-6-14(11-15)13(2)20/h3-8,11,17,21H,9-10H2,1-2H3. The third kappa shape index (κ3) is 2.72. The van der Waals surface area contributed by atoms with Crippen molar-refractivity contribution < 1.29 is 18.3 Å². The van der Waals surface area contributed by atoms with Crippen LogP contribution in [0.1, 0.15) is 40.9 Å². The molecule has 0 bridgehead atoms. The maximum atomic E-state index is 13.1. The first kappa shape index (κ1) is 16.7. The molecule has 0 fully saturated rings. The summed E-state index contributed by atoms with van der Waals surface area (Å²) in [5, 5.41) is 10.2. The third-order valence-corrected chi connectivity index (χ3v) is 6.11. The number of aryl methyl sites for hydroxylation is 1. The van der Waals surface area contributed by atoms with Gasteiger partial charge in [-0.1, -0.05) is 30.3 Å². The van der Waals surface area contributed by atoms with E-state index in [-0.39, 0.29) is 17.2 Å². The minimum absolute atomic E-state index is 0.0841. The Kier molecular flexibility index (Phi) is 4.19. The molecule has 0 saturated heterocycles. The molecule has 0 spiro atoms. The zero-order valence-electron chi connectivity index (χ0n) is 13.6. The molecule has 1 aliphatic heterocycles. The Morgan fingerprint density at radius 1 is 1.21 bits per heavy atom. The lowest BCUT2D eigenvalue weighted by Crippen LogP contribution is -2.37. The van der Waals surface area contributed by atoms with Gasteiger partial charge >= 0.3 is 0 Å². The predicted octanol–water partition coefficient (Wildman–Crippen LogP) is 2.83. The van der Waals surface area contributed by atoms with Crippen LogP contribution in [0.15, 0.2) is 47.4 Å². The Morgan fingerprint density at radius 2 is 1.92 bits per heavy atom. The molecule has 24 heavy (non-hydrogen) atoms. The Bertz CT molecular complexity index is 905. The number of fused-ring (bicyclic) bond motifs is 1. The lowest BCUT2D eigenvalue weighted by atomic mass is 9.98. The maximum Gasteiger partial charge on any atom is 0.264 e. The molecule has 0 aromatic heterocycles. The molecule has 0 amide bonds. The molecule has 1 atom stereocenters. The SMILES string of the molecule is CC(=O)c1cccc(S(=O)(=O)N2CCC(O)c3cccc(C)c32)c1. The molecule has 126 valence electrons. The summed E-state index contributed by atoms with van der Waals surface area (Å²) >= 11 is 0. The molecule has 2 aromatic rings. The summed E-state index contributed by atoms with van der Waals surface area (Å²) in [6.45, 7) is 3.43. The van der Waals surface area contributed by atoms with Crippen LogP contribution < -0.4 is 4.31 Å². The van der Waals surface area contributed by atoms with Crippen molar-refractivity contribution in [2.24, 2.45) is 0 Å². The number of ketones is 1. The summed E-state index contributed by atoms with van der Waals surface area (Å²) in [6.07, 6.45) is -0.336. The van der Waals surface area contributed by atoms with Gasteiger partial charge in [0.05, 0.1) is 16.7 Å². The van der Waals surface area contributed by atoms with E-state index >= 15 is 0 Å². The van der Waals surface area contributed by atoms with Crippen LogP contribution in [0, 0.1) is 6.92 Å². The minimum Gasteiger partial charge on any atom is -0.388 e. The van der Waals surface area contributed by atoms with Gasteiger partial charge < -0.3 is 5.11 Å². The number of benzene rings is 2. The Morgan fingerprint density at radius 3 is 2.62 bits per heavy atom. The number of aliphatic hydroxyl groups is 1. The van der Waals surface area contributed by atoms with Crippen molar-refractivity contribution in [2.45, 2.75) is 31.3 Å². The number of hydrogen-bond donors (Lipinski definition) is 1. The second-order valence-electron chi connectivity index (χ2n) is 5.98. The molecule has 1 unspecified atom stereocenters. The number of hydrogen-bond acceptors (Lipinski definition) is 4. The molecule has 0 saturated carbocycles. The molecule has 2 aromatic carbocycles. The van der Waals surface area contributed by atoms with Crippen molar-refractivity contribution in [3.05, 3.63) is 59.2 Å². The van der Waals surface area contributed by atoms with Gasteiger partial charge in [0.2, 0.25) is 0 Å². The number of anilines is 1. The van der Waals surface area contributed by atoms with E-state index < -0.39 is 16.1 Å². The molecule has 0 radical (unpaired) electrons. The summed E-state index contributed by atoms with van der Waals surface area (Å²) in [6, 6.07) is 11.4. The first-order valence-corrected chi connectivity index (χ1v) is 9.17. The summed E-state index contributed by atoms with van der Waals surface area (Å²) in [4.78, 5) is 11.6. The molecule has 1 heterocycles. The molecular formula is C18H19NO4S. The van der Waals surface area contributed by atoms with Gasteiger partial charge in [0.25, 0.3) is 10.0 Å². The topological polar surface area (TPSA) is 74.7 Å². The van der Waals surface area contributed by atoms with Crippen LogP contribution in [-0.4, -0.2) is 25.9 Å². The second kappa shape index (κ2) is 6.03. The number of para-hydroxylation sites is 1. The maximum absolute atomic E-state index is 13.1. The summed E-state index contributed by atoms with van der Waals surface area (Å²) in [5.41, 5.74) is 2.30. The van der Waals surface area contributed by atoms with E-state index in [9.17, 15) is 18.3 Å². The van der Waals surface area contributed by atoms with Gasteiger partial charge in [-0.25, -0.2) is 8.42 Å². The lowest BCUT2D eigenvalue weighted by Gasteiger charge is -2.34. The number of aliphatic hydroxyl groups excluding tert-OH is 1. The second-order valence-corrected chi connectivity index (χ2v) is 7.84. The zero-order valence-corrected chi connectivity index (χ0v) is 14.4. The smallest absolute Gasteiger partial charge is 0.264 e. The molecule has 0 aliphatic carbocycles. The van der Waals surface area contributed by atoms with Crippen LogP contribution in [0.5, 0.6) is 0 Å². The van der Waals surface area contributed by atoms with Crippen LogP contribution in [0.4, 0.5) is 5.69 Å². The predicted molar refractivity (Wildman–Crippen MR) is 91.7 cm³/mol. The van der Waals surface area contributed by atoms with Gasteiger partial charge in [-0.2, -0.15) is 0 Å². The van der Waals surface area contributed by atoms with Crippen molar-refractivity contribution in [3.8, 4) is 0 Å². The lowest BCUT2D eigenvalue weighted by molar-refractivity contribution is 0.101. The first-order chi connectivity index (χ1) is 11.3. The number of carbonyl (C=O) groups excluding carboxylic acids is 1. The molecule has 1 N–H and O–H groups in total. The van der Waals surface area contributed by atoms with Crippen LogP contribution in [-0.2, 0) is 10.0 Å². The minimum atomic E-state index is -3.81. The van der Waals surface area contributed by atoms with Gasteiger partial charge in [0, 0.05) is 17.7 Å². The zero-order chi connectivity index (χ0) is 17.5. The Balaban J connectivity index is 2.14. The molecular weight excluding hydrogens is 326 g/mol. The van der Waals surface area contributed by atoms with Gasteiger partial charge in [-0.15, -0.1) is 0 Å². The van der Waals surface area contributed by atoms with Crippen LogP contribution >= 0.6 is 0 Å². The van der Waals surface area contributed by atoms with E-state index in [4.69, 9.17) is 0 Å². The van der Waals surface area contributed by atoms with E-state index in [2.05, 4.69) is 0 Å². The van der Waals surface area contributed by atoms with Crippen molar-refractivity contribution in [1.82, 2.24) is 0 Å². The molecule has 3 rings (SSSR count). The highest BCUT2D eigenvalue weighted by atomic mass is 32.2. The number of nitrogens with zero attached hydrogens (tertiary/aromatic N) is 1. The van der Waals surface area contributed by atoms with Gasteiger partial charge in [-0.3, -0.25) is 9.10 Å². The van der Waals surface area contributed by atoms with E-state index in [0.29, 0.717) is 23.2 Å². The van der Waals surface area contributed by atoms with Gasteiger partial charge in [0.15, 0.2) is 5.78 Å². The van der Waals surface area contributed by atoms with Gasteiger partial charge in [0.1, 0.15) is 0 Å². The van der Waals surface area contributed by atoms with E-state index in [0.717, 1.165) is 5.56 Å². The summed E-state index contributed by atoms with van der Waals surface area (Å²) in [5.74, 6) is -0.183. The van der Waals surface area contributed by atoms with Crippen LogP contribution in [0.25, 0.3) is 0 Å². The van der Waals surface area contributed by atoms with Crippen LogP contribution in [0.3, 0.4) is 0 Å². The first-order valence-electron chi connectivity index (χ1n) is 7.73. The molecule has 6 heteroatoms. The summed E-state index contributed by atoms with van der Waals surface area (Å²) < 4.78 is 27.6. The molecule has 1 aliphatic rings. The summed E-state index contributed by atoms with van der Waals surface area (Å²) in [7, 11) is -3.81. The van der Waals surface area contributed by atoms with Crippen molar-refractivity contribution in [3.63, 3.8) is 0 Å². The Labute approximate surface area is 141 Å². The quantitative estimate of drug-likeness (QED) is 0.868. The van der Waals surface area contributed by atoms with Crippen molar-refractivity contribution >= 4 is 21.5 Å². The normalized spacial score (nSPS) is 17.5.